The standard InChI is InChI=1S/C16H19NO/c1-11-5-7-15(8-6-11)10-17-9-12(2)16(13(17)3)14(4)18/h5-9H,10H2,1-4H3. The van der Waals surface area contributed by atoms with E-state index in [2.05, 4.69) is 42.0 Å². The summed E-state index contributed by atoms with van der Waals surface area (Å²) in [4.78, 5) is 11.6. The van der Waals surface area contributed by atoms with Gasteiger partial charge in [-0.25, -0.2) is 0 Å². The van der Waals surface area contributed by atoms with Crippen molar-refractivity contribution in [3.05, 3.63) is 58.4 Å². The summed E-state index contributed by atoms with van der Waals surface area (Å²) < 4.78 is 2.15. The number of hydrogen-bond donors (Lipinski definition) is 0. The smallest absolute Gasteiger partial charge is 0.161 e. The quantitative estimate of drug-likeness (QED) is 0.752. The fourth-order valence-corrected chi connectivity index (χ4v) is 2.41. The number of aryl methyl sites for hydroxylation is 2. The third-order valence-corrected chi connectivity index (χ3v) is 3.36. The Balaban J connectivity index is 2.33. The zero-order chi connectivity index (χ0) is 13.3. The molecule has 2 aromatic rings. The van der Waals surface area contributed by atoms with Crippen molar-refractivity contribution < 1.29 is 4.79 Å². The fourth-order valence-electron chi connectivity index (χ4n) is 2.41. The van der Waals surface area contributed by atoms with Gasteiger partial charge in [-0.3, -0.25) is 4.79 Å². The molecule has 0 aliphatic heterocycles. The van der Waals surface area contributed by atoms with Crippen LogP contribution < -0.4 is 0 Å². The number of carbonyl (C=O) groups is 1. The Morgan fingerprint density at radius 3 is 2.22 bits per heavy atom. The Kier molecular flexibility index (Phi) is 3.37. The molecule has 0 fully saturated rings. The number of nitrogens with zero attached hydrogens (tertiary/aromatic N) is 1. The first kappa shape index (κ1) is 12.6. The van der Waals surface area contributed by atoms with Crippen LogP contribution in [0.3, 0.4) is 0 Å². The Morgan fingerprint density at radius 1 is 1.11 bits per heavy atom. The average molecular weight is 241 g/mol. The van der Waals surface area contributed by atoms with Crippen LogP contribution in [-0.2, 0) is 6.54 Å². The number of rotatable bonds is 3. The van der Waals surface area contributed by atoms with Crippen molar-refractivity contribution in [2.24, 2.45) is 0 Å². The summed E-state index contributed by atoms with van der Waals surface area (Å²) in [6.45, 7) is 8.54. The minimum absolute atomic E-state index is 0.146. The van der Waals surface area contributed by atoms with E-state index in [1.165, 1.54) is 11.1 Å². The number of benzene rings is 1. The van der Waals surface area contributed by atoms with Gasteiger partial charge in [-0.2, -0.15) is 0 Å². The molecule has 0 bridgehead atoms. The van der Waals surface area contributed by atoms with Crippen molar-refractivity contribution in [2.75, 3.05) is 0 Å². The molecule has 1 heterocycles. The van der Waals surface area contributed by atoms with Crippen LogP contribution in [0.2, 0.25) is 0 Å². The first-order chi connectivity index (χ1) is 8.49. The molecule has 1 aromatic carbocycles. The highest BCUT2D eigenvalue weighted by Gasteiger charge is 2.13. The van der Waals surface area contributed by atoms with Crippen molar-refractivity contribution in [2.45, 2.75) is 34.2 Å². The van der Waals surface area contributed by atoms with E-state index in [0.29, 0.717) is 0 Å². The van der Waals surface area contributed by atoms with Crippen LogP contribution in [0.25, 0.3) is 0 Å². The van der Waals surface area contributed by atoms with Crippen molar-refractivity contribution in [3.8, 4) is 0 Å². The second kappa shape index (κ2) is 4.81. The molecule has 1 aromatic heterocycles. The highest BCUT2D eigenvalue weighted by atomic mass is 16.1. The minimum atomic E-state index is 0.146. The van der Waals surface area contributed by atoms with Gasteiger partial charge < -0.3 is 4.57 Å². The number of ketones is 1. The highest BCUT2D eigenvalue weighted by molar-refractivity contribution is 5.96. The van der Waals surface area contributed by atoms with Crippen LogP contribution in [0.4, 0.5) is 0 Å². The number of hydrogen-bond acceptors (Lipinski definition) is 1. The molecule has 0 spiro atoms. The normalized spacial score (nSPS) is 10.7. The van der Waals surface area contributed by atoms with Gasteiger partial charge in [0, 0.05) is 24.0 Å². The van der Waals surface area contributed by atoms with Crippen LogP contribution in [0.1, 0.15) is 39.7 Å². The van der Waals surface area contributed by atoms with Gasteiger partial charge in [-0.1, -0.05) is 29.8 Å². The van der Waals surface area contributed by atoms with Crippen molar-refractivity contribution in [3.63, 3.8) is 0 Å². The molecule has 0 N–H and O–H groups in total. The molecule has 0 saturated carbocycles. The highest BCUT2D eigenvalue weighted by Crippen LogP contribution is 2.18. The van der Waals surface area contributed by atoms with Gasteiger partial charge in [0.2, 0.25) is 0 Å². The second-order valence-corrected chi connectivity index (χ2v) is 4.94. The van der Waals surface area contributed by atoms with E-state index in [9.17, 15) is 4.79 Å². The summed E-state index contributed by atoms with van der Waals surface area (Å²) in [5.74, 6) is 0.146. The van der Waals surface area contributed by atoms with Gasteiger partial charge in [0.05, 0.1) is 0 Å². The fraction of sp³-hybridized carbons (Fsp3) is 0.312. The SMILES string of the molecule is CC(=O)c1c(C)cn(Cc2ccc(C)cc2)c1C. The van der Waals surface area contributed by atoms with E-state index >= 15 is 0 Å². The molecular weight excluding hydrogens is 222 g/mol. The van der Waals surface area contributed by atoms with Gasteiger partial charge in [-0.15, -0.1) is 0 Å². The van der Waals surface area contributed by atoms with Gasteiger partial charge in [0.25, 0.3) is 0 Å². The number of Topliss-reactive ketones (excluding diaryl/α,β-unsaturated/α-hetero) is 1. The van der Waals surface area contributed by atoms with Crippen LogP contribution in [-0.4, -0.2) is 10.4 Å². The predicted molar refractivity (Wildman–Crippen MR) is 74.2 cm³/mol. The Morgan fingerprint density at radius 2 is 1.72 bits per heavy atom. The van der Waals surface area contributed by atoms with Crippen molar-refractivity contribution in [1.82, 2.24) is 4.57 Å². The third-order valence-electron chi connectivity index (χ3n) is 3.36. The maximum Gasteiger partial charge on any atom is 0.161 e. The summed E-state index contributed by atoms with van der Waals surface area (Å²) in [6.07, 6.45) is 2.06. The lowest BCUT2D eigenvalue weighted by Gasteiger charge is -2.07. The minimum Gasteiger partial charge on any atom is -0.346 e. The van der Waals surface area contributed by atoms with Gasteiger partial charge in [-0.05, 0) is 38.8 Å². The first-order valence-electron chi connectivity index (χ1n) is 6.22. The maximum atomic E-state index is 11.6. The van der Waals surface area contributed by atoms with Crippen LogP contribution in [0.5, 0.6) is 0 Å². The molecule has 0 unspecified atom stereocenters. The van der Waals surface area contributed by atoms with E-state index in [1.807, 2.05) is 13.8 Å². The summed E-state index contributed by atoms with van der Waals surface area (Å²) in [6, 6.07) is 8.51. The molecule has 0 saturated heterocycles. The molecule has 0 amide bonds. The molecule has 2 nitrogen and oxygen atoms in total. The molecule has 0 aliphatic carbocycles. The molecular formula is C16H19NO. The van der Waals surface area contributed by atoms with E-state index in [-0.39, 0.29) is 5.78 Å². The first-order valence-corrected chi connectivity index (χ1v) is 6.22. The number of aromatic nitrogens is 1. The van der Waals surface area contributed by atoms with E-state index in [0.717, 1.165) is 23.4 Å². The second-order valence-electron chi connectivity index (χ2n) is 4.94. The Bertz CT molecular complexity index is 576. The van der Waals surface area contributed by atoms with Gasteiger partial charge >= 0.3 is 0 Å². The topological polar surface area (TPSA) is 22.0 Å². The Hall–Kier alpha value is -1.83. The van der Waals surface area contributed by atoms with Gasteiger partial charge in [0.1, 0.15) is 0 Å². The van der Waals surface area contributed by atoms with Crippen LogP contribution >= 0.6 is 0 Å². The lowest BCUT2D eigenvalue weighted by molar-refractivity contribution is 0.101. The molecule has 0 aliphatic rings. The largest absolute Gasteiger partial charge is 0.346 e. The van der Waals surface area contributed by atoms with Crippen LogP contribution in [0.15, 0.2) is 30.5 Å². The summed E-state index contributed by atoms with van der Waals surface area (Å²) in [7, 11) is 0. The van der Waals surface area contributed by atoms with Gasteiger partial charge in [0.15, 0.2) is 5.78 Å². The summed E-state index contributed by atoms with van der Waals surface area (Å²) in [5, 5.41) is 0. The maximum absolute atomic E-state index is 11.6. The van der Waals surface area contributed by atoms with E-state index < -0.39 is 0 Å². The number of carbonyl (C=O) groups excluding carboxylic acids is 1. The Labute approximate surface area is 108 Å². The molecule has 2 rings (SSSR count). The van der Waals surface area contributed by atoms with E-state index in [1.54, 1.807) is 6.92 Å². The molecule has 2 heteroatoms. The average Bonchev–Trinajstić information content (AvgIpc) is 2.57. The lowest BCUT2D eigenvalue weighted by Crippen LogP contribution is -2.03. The molecule has 18 heavy (non-hydrogen) atoms. The van der Waals surface area contributed by atoms with Crippen molar-refractivity contribution >= 4 is 5.78 Å². The zero-order valence-corrected chi connectivity index (χ0v) is 11.4. The van der Waals surface area contributed by atoms with Crippen molar-refractivity contribution in [1.29, 1.82) is 0 Å². The van der Waals surface area contributed by atoms with Crippen LogP contribution in [0, 0.1) is 20.8 Å². The summed E-state index contributed by atoms with van der Waals surface area (Å²) >= 11 is 0. The molecule has 0 atom stereocenters. The lowest BCUT2D eigenvalue weighted by atomic mass is 10.1. The summed E-state index contributed by atoms with van der Waals surface area (Å²) in [5.41, 5.74) is 5.51. The zero-order valence-electron chi connectivity index (χ0n) is 11.4. The predicted octanol–water partition coefficient (Wildman–Crippen LogP) is 3.66. The molecule has 94 valence electrons. The molecule has 0 radical (unpaired) electrons. The van der Waals surface area contributed by atoms with E-state index in [4.69, 9.17) is 0 Å². The monoisotopic (exact) mass is 241 g/mol. The third kappa shape index (κ3) is 2.37.